The van der Waals surface area contributed by atoms with Crippen molar-refractivity contribution in [1.29, 1.82) is 5.41 Å². The van der Waals surface area contributed by atoms with E-state index in [4.69, 9.17) is 11.1 Å². The van der Waals surface area contributed by atoms with E-state index in [2.05, 4.69) is 0 Å². The third-order valence-electron chi connectivity index (χ3n) is 2.65. The lowest BCUT2D eigenvalue weighted by molar-refractivity contribution is -0.384. The minimum atomic E-state index is -0.421. The summed E-state index contributed by atoms with van der Waals surface area (Å²) < 4.78 is 0. The van der Waals surface area contributed by atoms with Crippen LogP contribution in [0.3, 0.4) is 0 Å². The zero-order chi connectivity index (χ0) is 13.1. The first kappa shape index (κ1) is 11.8. The van der Waals surface area contributed by atoms with Crippen molar-refractivity contribution in [1.82, 2.24) is 0 Å². The van der Waals surface area contributed by atoms with Gasteiger partial charge in [-0.3, -0.25) is 10.1 Å². The summed E-state index contributed by atoms with van der Waals surface area (Å²) in [6.45, 7) is 0. The molecule has 90 valence electrons. The van der Waals surface area contributed by atoms with E-state index < -0.39 is 4.92 Å². The minimum absolute atomic E-state index is 0.0400. The summed E-state index contributed by atoms with van der Waals surface area (Å²) in [6.07, 6.45) is 1.13. The maximum absolute atomic E-state index is 11.0. The minimum Gasteiger partial charge on any atom is -0.398 e. The molecule has 0 heterocycles. The van der Waals surface area contributed by atoms with Crippen molar-refractivity contribution in [3.63, 3.8) is 0 Å². The zero-order valence-electron chi connectivity index (χ0n) is 9.46. The molecule has 5 nitrogen and oxygen atoms in total. The van der Waals surface area contributed by atoms with Gasteiger partial charge in [0, 0.05) is 23.5 Å². The van der Waals surface area contributed by atoms with Crippen LogP contribution >= 0.6 is 0 Å². The summed E-state index contributed by atoms with van der Waals surface area (Å²) in [5.74, 6) is 0. The van der Waals surface area contributed by atoms with Crippen LogP contribution in [0.5, 0.6) is 0 Å². The molecule has 0 unspecified atom stereocenters. The van der Waals surface area contributed by atoms with E-state index in [1.54, 1.807) is 36.4 Å². The predicted octanol–water partition coefficient (Wildman–Crippen LogP) is 2.84. The Bertz CT molecular complexity index is 623. The van der Waals surface area contributed by atoms with Gasteiger partial charge in [0.05, 0.1) is 10.5 Å². The van der Waals surface area contributed by atoms with E-state index in [1.165, 1.54) is 6.07 Å². The normalized spacial score (nSPS) is 10.0. The van der Waals surface area contributed by atoms with Gasteiger partial charge in [0.2, 0.25) is 0 Å². The Morgan fingerprint density at radius 1 is 1.22 bits per heavy atom. The quantitative estimate of drug-likeness (QED) is 0.374. The van der Waals surface area contributed by atoms with Gasteiger partial charge in [0.25, 0.3) is 5.69 Å². The Hall–Kier alpha value is -2.69. The summed E-state index contributed by atoms with van der Waals surface area (Å²) in [6, 6.07) is 11.5. The van der Waals surface area contributed by atoms with E-state index >= 15 is 0 Å². The zero-order valence-corrected chi connectivity index (χ0v) is 9.46. The number of nitrogens with two attached hydrogens (primary N) is 1. The molecule has 0 saturated heterocycles. The average Bonchev–Trinajstić information content (AvgIpc) is 2.39. The molecule has 2 aromatic rings. The molecule has 3 N–H and O–H groups in total. The topological polar surface area (TPSA) is 93.0 Å². The van der Waals surface area contributed by atoms with E-state index in [-0.39, 0.29) is 5.69 Å². The molecule has 18 heavy (non-hydrogen) atoms. The fourth-order valence-electron chi connectivity index (χ4n) is 1.74. The van der Waals surface area contributed by atoms with Crippen LogP contribution in [0.25, 0.3) is 11.1 Å². The Labute approximate surface area is 104 Å². The molecule has 0 bridgehead atoms. The lowest BCUT2D eigenvalue weighted by Gasteiger charge is -2.06. The number of nitrogens with zero attached hydrogens (tertiary/aromatic N) is 1. The van der Waals surface area contributed by atoms with Gasteiger partial charge in [-0.1, -0.05) is 18.2 Å². The number of nitrogen functional groups attached to an aromatic ring is 1. The standard InChI is InChI=1S/C13H11N3O2/c14-8-10-7-9(5-6-12(10)15)11-3-1-2-4-13(11)16(17)18/h1-8,14H,15H2. The van der Waals surface area contributed by atoms with Gasteiger partial charge in [-0.05, 0) is 23.8 Å². The summed E-state index contributed by atoms with van der Waals surface area (Å²) in [5.41, 5.74) is 7.95. The largest absolute Gasteiger partial charge is 0.398 e. The highest BCUT2D eigenvalue weighted by molar-refractivity contribution is 5.88. The van der Waals surface area contributed by atoms with Crippen LogP contribution in [0.2, 0.25) is 0 Å². The monoisotopic (exact) mass is 241 g/mol. The SMILES string of the molecule is N=Cc1cc(-c2ccccc2[N+](=O)[O-])ccc1N. The molecular weight excluding hydrogens is 230 g/mol. The van der Waals surface area contributed by atoms with Gasteiger partial charge in [-0.2, -0.15) is 0 Å². The maximum atomic E-state index is 11.0. The summed E-state index contributed by atoms with van der Waals surface area (Å²) in [5, 5.41) is 18.2. The number of para-hydroxylation sites is 1. The Balaban J connectivity index is 2.62. The van der Waals surface area contributed by atoms with Crippen molar-refractivity contribution in [3.8, 4) is 11.1 Å². The van der Waals surface area contributed by atoms with E-state index in [9.17, 15) is 10.1 Å². The number of benzene rings is 2. The van der Waals surface area contributed by atoms with Crippen molar-refractivity contribution >= 4 is 17.6 Å². The third kappa shape index (κ3) is 2.06. The molecule has 0 saturated carbocycles. The summed E-state index contributed by atoms with van der Waals surface area (Å²) >= 11 is 0. The highest BCUT2D eigenvalue weighted by Gasteiger charge is 2.14. The summed E-state index contributed by atoms with van der Waals surface area (Å²) in [7, 11) is 0. The van der Waals surface area contributed by atoms with Crippen molar-refractivity contribution in [2.24, 2.45) is 0 Å². The smallest absolute Gasteiger partial charge is 0.277 e. The molecule has 0 fully saturated rings. The number of hydrogen-bond donors (Lipinski definition) is 2. The van der Waals surface area contributed by atoms with Crippen molar-refractivity contribution < 1.29 is 4.92 Å². The first-order chi connectivity index (χ1) is 8.63. The lowest BCUT2D eigenvalue weighted by Crippen LogP contribution is -1.95. The molecule has 0 radical (unpaired) electrons. The summed E-state index contributed by atoms with van der Waals surface area (Å²) in [4.78, 5) is 10.5. The molecule has 0 aliphatic carbocycles. The second-order valence-corrected chi connectivity index (χ2v) is 3.76. The Kier molecular flexibility index (Phi) is 3.05. The van der Waals surface area contributed by atoms with Crippen LogP contribution in [0.4, 0.5) is 11.4 Å². The van der Waals surface area contributed by atoms with Gasteiger partial charge in [-0.25, -0.2) is 0 Å². The fourth-order valence-corrected chi connectivity index (χ4v) is 1.74. The molecular formula is C13H11N3O2. The first-order valence-corrected chi connectivity index (χ1v) is 5.27. The number of nitrogens with one attached hydrogen (secondary N) is 1. The van der Waals surface area contributed by atoms with Crippen LogP contribution in [-0.4, -0.2) is 11.1 Å². The number of rotatable bonds is 3. The third-order valence-corrected chi connectivity index (χ3v) is 2.65. The molecule has 0 aliphatic rings. The van der Waals surface area contributed by atoms with Gasteiger partial charge in [0.15, 0.2) is 0 Å². The Morgan fingerprint density at radius 3 is 2.61 bits per heavy atom. The maximum Gasteiger partial charge on any atom is 0.277 e. The second kappa shape index (κ2) is 4.67. The van der Waals surface area contributed by atoms with E-state index in [0.29, 0.717) is 22.4 Å². The van der Waals surface area contributed by atoms with Crippen molar-refractivity contribution in [3.05, 3.63) is 58.1 Å². The lowest BCUT2D eigenvalue weighted by atomic mass is 10.0. The number of hydrogen-bond acceptors (Lipinski definition) is 4. The average molecular weight is 241 g/mol. The van der Waals surface area contributed by atoms with Crippen LogP contribution in [0.1, 0.15) is 5.56 Å². The molecule has 0 aliphatic heterocycles. The van der Waals surface area contributed by atoms with Gasteiger partial charge in [0.1, 0.15) is 0 Å². The first-order valence-electron chi connectivity index (χ1n) is 5.27. The second-order valence-electron chi connectivity index (χ2n) is 3.76. The van der Waals surface area contributed by atoms with Crippen LogP contribution in [-0.2, 0) is 0 Å². The van der Waals surface area contributed by atoms with Crippen molar-refractivity contribution in [2.45, 2.75) is 0 Å². The fraction of sp³-hybridized carbons (Fsp3) is 0. The van der Waals surface area contributed by atoms with Crippen molar-refractivity contribution in [2.75, 3.05) is 5.73 Å². The molecule has 2 rings (SSSR count). The highest BCUT2D eigenvalue weighted by atomic mass is 16.6. The molecule has 0 aromatic heterocycles. The predicted molar refractivity (Wildman–Crippen MR) is 70.8 cm³/mol. The van der Waals surface area contributed by atoms with Crippen LogP contribution < -0.4 is 5.73 Å². The molecule has 5 heteroatoms. The highest BCUT2D eigenvalue weighted by Crippen LogP contribution is 2.30. The molecule has 0 atom stereocenters. The van der Waals surface area contributed by atoms with E-state index in [0.717, 1.165) is 6.21 Å². The van der Waals surface area contributed by atoms with Gasteiger partial charge >= 0.3 is 0 Å². The number of nitro groups is 1. The van der Waals surface area contributed by atoms with Gasteiger partial charge in [-0.15, -0.1) is 0 Å². The van der Waals surface area contributed by atoms with Gasteiger partial charge < -0.3 is 11.1 Å². The number of anilines is 1. The molecule has 2 aromatic carbocycles. The molecule has 0 amide bonds. The van der Waals surface area contributed by atoms with Crippen LogP contribution in [0, 0.1) is 15.5 Å². The number of nitro benzene ring substituents is 1. The van der Waals surface area contributed by atoms with E-state index in [1.807, 2.05) is 0 Å². The molecule has 0 spiro atoms. The Morgan fingerprint density at radius 2 is 1.94 bits per heavy atom. The van der Waals surface area contributed by atoms with Crippen LogP contribution in [0.15, 0.2) is 42.5 Å².